The second-order valence-corrected chi connectivity index (χ2v) is 5.88. The number of para-hydroxylation sites is 1. The van der Waals surface area contributed by atoms with Gasteiger partial charge in [-0.2, -0.15) is 5.26 Å². The Balaban J connectivity index is 1.92. The Morgan fingerprint density at radius 2 is 1.73 bits per heavy atom. The van der Waals surface area contributed by atoms with Crippen molar-refractivity contribution in [3.05, 3.63) is 59.1 Å². The van der Waals surface area contributed by atoms with E-state index in [-0.39, 0.29) is 0 Å². The molecule has 0 aliphatic heterocycles. The number of halogens is 1. The van der Waals surface area contributed by atoms with Gasteiger partial charge >= 0.3 is 5.97 Å². The lowest BCUT2D eigenvalue weighted by atomic mass is 10.2. The van der Waals surface area contributed by atoms with Gasteiger partial charge in [-0.3, -0.25) is 4.79 Å². The second kappa shape index (κ2) is 8.88. The summed E-state index contributed by atoms with van der Waals surface area (Å²) in [6.07, 6.45) is -1.96. The van der Waals surface area contributed by atoms with Gasteiger partial charge in [0.2, 0.25) is 0 Å². The summed E-state index contributed by atoms with van der Waals surface area (Å²) < 4.78 is 10.6. The first kappa shape index (κ1) is 19.3. The van der Waals surface area contributed by atoms with E-state index in [9.17, 15) is 9.59 Å². The Morgan fingerprint density at radius 3 is 2.38 bits per heavy atom. The SMILES string of the molecule is C[C@H](OC(=O)[C@@H](C)Oc1ccc(Cl)cc1)C(=O)Nc1ccccc1C#N. The molecule has 0 saturated heterocycles. The summed E-state index contributed by atoms with van der Waals surface area (Å²) in [5.74, 6) is -0.769. The van der Waals surface area contributed by atoms with E-state index in [4.69, 9.17) is 26.3 Å². The predicted molar refractivity (Wildman–Crippen MR) is 96.9 cm³/mol. The van der Waals surface area contributed by atoms with Crippen LogP contribution in [0.3, 0.4) is 0 Å². The first-order valence-corrected chi connectivity index (χ1v) is 8.21. The van der Waals surface area contributed by atoms with Crippen molar-refractivity contribution in [2.45, 2.75) is 26.1 Å². The zero-order valence-corrected chi connectivity index (χ0v) is 15.0. The molecule has 0 spiro atoms. The van der Waals surface area contributed by atoms with Crippen molar-refractivity contribution in [2.75, 3.05) is 5.32 Å². The molecular weight excluding hydrogens is 356 g/mol. The lowest BCUT2D eigenvalue weighted by Gasteiger charge is -2.18. The standard InChI is InChI=1S/C19H17ClN2O4/c1-12(18(23)22-17-6-4-3-5-14(17)11-21)26-19(24)13(2)25-16-9-7-15(20)8-10-16/h3-10,12-13H,1-2H3,(H,22,23)/t12-,13+/m0/s1. The molecular formula is C19H17ClN2O4. The number of esters is 1. The molecule has 1 N–H and O–H groups in total. The van der Waals surface area contributed by atoms with Gasteiger partial charge in [-0.05, 0) is 50.2 Å². The number of nitriles is 1. The molecule has 2 rings (SSSR count). The van der Waals surface area contributed by atoms with Gasteiger partial charge in [-0.1, -0.05) is 23.7 Å². The fourth-order valence-electron chi connectivity index (χ4n) is 2.01. The Kier molecular flexibility index (Phi) is 6.59. The molecule has 134 valence electrons. The molecule has 0 bridgehead atoms. The molecule has 7 heteroatoms. The highest BCUT2D eigenvalue weighted by Crippen LogP contribution is 2.18. The zero-order chi connectivity index (χ0) is 19.1. The van der Waals surface area contributed by atoms with Crippen molar-refractivity contribution in [1.82, 2.24) is 0 Å². The van der Waals surface area contributed by atoms with Crippen LogP contribution in [0.4, 0.5) is 5.69 Å². The summed E-state index contributed by atoms with van der Waals surface area (Å²) in [7, 11) is 0. The van der Waals surface area contributed by atoms with Crippen LogP contribution < -0.4 is 10.1 Å². The summed E-state index contributed by atoms with van der Waals surface area (Å²) in [5, 5.41) is 12.2. The van der Waals surface area contributed by atoms with Gasteiger partial charge in [0.25, 0.3) is 5.91 Å². The zero-order valence-electron chi connectivity index (χ0n) is 14.2. The maximum atomic E-state index is 12.2. The molecule has 0 radical (unpaired) electrons. The smallest absolute Gasteiger partial charge is 0.347 e. The van der Waals surface area contributed by atoms with Crippen LogP contribution in [0.1, 0.15) is 19.4 Å². The highest BCUT2D eigenvalue weighted by molar-refractivity contribution is 6.30. The van der Waals surface area contributed by atoms with Crippen molar-refractivity contribution < 1.29 is 19.1 Å². The van der Waals surface area contributed by atoms with Crippen LogP contribution in [-0.2, 0) is 14.3 Å². The van der Waals surface area contributed by atoms with Crippen LogP contribution in [0.15, 0.2) is 48.5 Å². The Labute approximate surface area is 156 Å². The van der Waals surface area contributed by atoms with E-state index in [1.54, 1.807) is 48.5 Å². The Hall–Kier alpha value is -3.04. The second-order valence-electron chi connectivity index (χ2n) is 5.44. The number of hydrogen-bond donors (Lipinski definition) is 1. The lowest BCUT2D eigenvalue weighted by Crippen LogP contribution is -2.35. The molecule has 0 aliphatic carbocycles. The number of amides is 1. The fourth-order valence-corrected chi connectivity index (χ4v) is 2.14. The summed E-state index contributed by atoms with van der Waals surface area (Å²) in [6.45, 7) is 2.96. The average molecular weight is 373 g/mol. The van der Waals surface area contributed by atoms with Crippen molar-refractivity contribution in [1.29, 1.82) is 5.26 Å². The van der Waals surface area contributed by atoms with E-state index in [1.807, 2.05) is 6.07 Å². The first-order chi connectivity index (χ1) is 12.4. The summed E-state index contributed by atoms with van der Waals surface area (Å²) in [6, 6.07) is 15.1. The van der Waals surface area contributed by atoms with Gasteiger partial charge in [-0.25, -0.2) is 4.79 Å². The molecule has 0 saturated carbocycles. The van der Waals surface area contributed by atoms with E-state index in [0.717, 1.165) is 0 Å². The molecule has 1 amide bonds. The van der Waals surface area contributed by atoms with E-state index in [0.29, 0.717) is 22.0 Å². The summed E-state index contributed by atoms with van der Waals surface area (Å²) in [5.41, 5.74) is 0.673. The van der Waals surface area contributed by atoms with Crippen molar-refractivity contribution >= 4 is 29.2 Å². The molecule has 2 atom stereocenters. The van der Waals surface area contributed by atoms with Crippen molar-refractivity contribution in [2.24, 2.45) is 0 Å². The number of anilines is 1. The highest BCUT2D eigenvalue weighted by Gasteiger charge is 2.23. The topological polar surface area (TPSA) is 88.4 Å². The fraction of sp³-hybridized carbons (Fsp3) is 0.211. The number of carbonyl (C=O) groups excluding carboxylic acids is 2. The third-order valence-electron chi connectivity index (χ3n) is 3.43. The predicted octanol–water partition coefficient (Wildman–Crippen LogP) is 3.55. The van der Waals surface area contributed by atoms with Crippen LogP contribution in [0, 0.1) is 11.3 Å². The van der Waals surface area contributed by atoms with E-state index >= 15 is 0 Å². The number of benzene rings is 2. The molecule has 0 aliphatic rings. The van der Waals surface area contributed by atoms with E-state index in [1.165, 1.54) is 13.8 Å². The molecule has 0 heterocycles. The Morgan fingerprint density at radius 1 is 1.08 bits per heavy atom. The molecule has 2 aromatic carbocycles. The van der Waals surface area contributed by atoms with Gasteiger partial charge in [0.1, 0.15) is 11.8 Å². The van der Waals surface area contributed by atoms with Crippen LogP contribution in [-0.4, -0.2) is 24.1 Å². The van der Waals surface area contributed by atoms with Crippen molar-refractivity contribution in [3.63, 3.8) is 0 Å². The van der Waals surface area contributed by atoms with E-state index in [2.05, 4.69) is 5.32 Å². The van der Waals surface area contributed by atoms with Gasteiger partial charge < -0.3 is 14.8 Å². The molecule has 0 aromatic heterocycles. The van der Waals surface area contributed by atoms with Gasteiger partial charge in [0.05, 0.1) is 11.3 Å². The number of hydrogen-bond acceptors (Lipinski definition) is 5. The first-order valence-electron chi connectivity index (χ1n) is 7.83. The Bertz CT molecular complexity index is 830. The molecule has 2 aromatic rings. The normalized spacial score (nSPS) is 12.4. The van der Waals surface area contributed by atoms with Crippen LogP contribution in [0.2, 0.25) is 5.02 Å². The largest absolute Gasteiger partial charge is 0.479 e. The molecule has 0 unspecified atom stereocenters. The van der Waals surface area contributed by atoms with E-state index < -0.39 is 24.1 Å². The van der Waals surface area contributed by atoms with Crippen molar-refractivity contribution in [3.8, 4) is 11.8 Å². The summed E-state index contributed by atoms with van der Waals surface area (Å²) >= 11 is 5.79. The van der Waals surface area contributed by atoms with Gasteiger partial charge in [-0.15, -0.1) is 0 Å². The quantitative estimate of drug-likeness (QED) is 0.783. The van der Waals surface area contributed by atoms with Crippen LogP contribution in [0.25, 0.3) is 0 Å². The highest BCUT2D eigenvalue weighted by atomic mass is 35.5. The monoisotopic (exact) mass is 372 g/mol. The minimum atomic E-state index is -1.05. The average Bonchev–Trinajstić information content (AvgIpc) is 2.63. The number of ether oxygens (including phenoxy) is 2. The third-order valence-corrected chi connectivity index (χ3v) is 3.68. The molecule has 6 nitrogen and oxygen atoms in total. The number of rotatable bonds is 6. The minimum Gasteiger partial charge on any atom is -0.479 e. The van der Waals surface area contributed by atoms with Gasteiger partial charge in [0.15, 0.2) is 12.2 Å². The molecule has 26 heavy (non-hydrogen) atoms. The maximum absolute atomic E-state index is 12.2. The third kappa shape index (κ3) is 5.23. The lowest BCUT2D eigenvalue weighted by molar-refractivity contribution is -0.159. The van der Waals surface area contributed by atoms with Crippen LogP contribution >= 0.6 is 11.6 Å². The summed E-state index contributed by atoms with van der Waals surface area (Å²) in [4.78, 5) is 24.3. The maximum Gasteiger partial charge on any atom is 0.347 e. The molecule has 0 fully saturated rings. The number of nitrogens with one attached hydrogen (secondary N) is 1. The van der Waals surface area contributed by atoms with Crippen LogP contribution in [0.5, 0.6) is 5.75 Å². The van der Waals surface area contributed by atoms with Gasteiger partial charge in [0, 0.05) is 5.02 Å². The number of carbonyl (C=O) groups is 2. The number of nitrogens with zero attached hydrogens (tertiary/aromatic N) is 1. The minimum absolute atomic E-state index is 0.318.